The normalized spacial score (nSPS) is 12.7. The van der Waals surface area contributed by atoms with Gasteiger partial charge in [0.25, 0.3) is 0 Å². The highest BCUT2D eigenvalue weighted by molar-refractivity contribution is 5.77. The first-order chi connectivity index (χ1) is 10.8. The Morgan fingerprint density at radius 3 is 2.65 bits per heavy atom. The first-order valence-electron chi connectivity index (χ1n) is 7.45. The van der Waals surface area contributed by atoms with Crippen LogP contribution in [0.25, 0.3) is 0 Å². The van der Waals surface area contributed by atoms with Crippen LogP contribution in [0.1, 0.15) is 32.8 Å². The lowest BCUT2D eigenvalue weighted by molar-refractivity contribution is -0.121. The fourth-order valence-electron chi connectivity index (χ4n) is 1.93. The zero-order valence-corrected chi connectivity index (χ0v) is 13.6. The van der Waals surface area contributed by atoms with E-state index in [0.717, 1.165) is 5.56 Å². The van der Waals surface area contributed by atoms with Crippen molar-refractivity contribution in [3.05, 3.63) is 23.8 Å². The molecule has 0 saturated heterocycles. The second-order valence-electron chi connectivity index (χ2n) is 6.14. The van der Waals surface area contributed by atoms with Crippen LogP contribution in [0.4, 0.5) is 4.79 Å². The second-order valence-corrected chi connectivity index (χ2v) is 6.14. The van der Waals surface area contributed by atoms with Gasteiger partial charge in [0.1, 0.15) is 5.60 Å². The predicted molar refractivity (Wildman–Crippen MR) is 83.3 cm³/mol. The van der Waals surface area contributed by atoms with Gasteiger partial charge in [-0.2, -0.15) is 0 Å². The van der Waals surface area contributed by atoms with Gasteiger partial charge in [0, 0.05) is 19.5 Å². The number of nitrogens with one attached hydrogen (secondary N) is 2. The summed E-state index contributed by atoms with van der Waals surface area (Å²) in [5.74, 6) is 1.24. The summed E-state index contributed by atoms with van der Waals surface area (Å²) in [6, 6.07) is 5.52. The minimum absolute atomic E-state index is 0.154. The number of hydrogen-bond acceptors (Lipinski definition) is 5. The quantitative estimate of drug-likeness (QED) is 0.865. The zero-order chi connectivity index (χ0) is 16.9. The summed E-state index contributed by atoms with van der Waals surface area (Å²) in [5.41, 5.74) is 0.369. The van der Waals surface area contributed by atoms with Crippen LogP contribution in [0.15, 0.2) is 18.2 Å². The van der Waals surface area contributed by atoms with Gasteiger partial charge in [0.2, 0.25) is 12.7 Å². The molecule has 0 radical (unpaired) electrons. The van der Waals surface area contributed by atoms with Crippen LogP contribution in [-0.4, -0.2) is 30.9 Å². The third kappa shape index (κ3) is 5.69. The molecule has 2 amide bonds. The average Bonchev–Trinajstić information content (AvgIpc) is 2.90. The Kier molecular flexibility index (Phi) is 5.31. The molecule has 2 rings (SSSR count). The molecular weight excluding hydrogens is 300 g/mol. The number of amides is 2. The number of carbonyl (C=O) groups is 2. The molecule has 126 valence electrons. The van der Waals surface area contributed by atoms with Crippen molar-refractivity contribution < 1.29 is 23.8 Å². The lowest BCUT2D eigenvalue weighted by Crippen LogP contribution is -2.35. The van der Waals surface area contributed by atoms with Crippen LogP contribution in [0.5, 0.6) is 11.5 Å². The van der Waals surface area contributed by atoms with Gasteiger partial charge in [-0.05, 0) is 38.5 Å². The molecule has 1 aromatic rings. The second kappa shape index (κ2) is 7.21. The van der Waals surface area contributed by atoms with Crippen LogP contribution in [0.2, 0.25) is 0 Å². The Balaban J connectivity index is 1.66. The van der Waals surface area contributed by atoms with Crippen molar-refractivity contribution in [3.8, 4) is 11.5 Å². The molecule has 7 nitrogen and oxygen atoms in total. The van der Waals surface area contributed by atoms with Crippen molar-refractivity contribution in [2.75, 3.05) is 13.3 Å². The molecule has 1 heterocycles. The molecule has 0 spiro atoms. The molecule has 1 aliphatic rings. The third-order valence-electron chi connectivity index (χ3n) is 2.95. The molecule has 0 bridgehead atoms. The number of hydrogen-bond donors (Lipinski definition) is 2. The van der Waals surface area contributed by atoms with Crippen LogP contribution < -0.4 is 20.1 Å². The molecular formula is C16H22N2O5. The van der Waals surface area contributed by atoms with Gasteiger partial charge in [0.15, 0.2) is 11.5 Å². The largest absolute Gasteiger partial charge is 0.454 e. The molecule has 0 unspecified atom stereocenters. The molecule has 2 N–H and O–H groups in total. The van der Waals surface area contributed by atoms with Crippen LogP contribution >= 0.6 is 0 Å². The van der Waals surface area contributed by atoms with E-state index in [9.17, 15) is 9.59 Å². The smallest absolute Gasteiger partial charge is 0.407 e. The first-order valence-corrected chi connectivity index (χ1v) is 7.45. The molecule has 0 fully saturated rings. The summed E-state index contributed by atoms with van der Waals surface area (Å²) in [5, 5.41) is 5.33. The van der Waals surface area contributed by atoms with E-state index in [1.54, 1.807) is 20.8 Å². The van der Waals surface area contributed by atoms with Gasteiger partial charge in [-0.15, -0.1) is 0 Å². The monoisotopic (exact) mass is 322 g/mol. The highest BCUT2D eigenvalue weighted by atomic mass is 16.7. The van der Waals surface area contributed by atoms with E-state index in [4.69, 9.17) is 14.2 Å². The zero-order valence-electron chi connectivity index (χ0n) is 13.6. The van der Waals surface area contributed by atoms with Gasteiger partial charge in [0.05, 0.1) is 0 Å². The minimum atomic E-state index is -0.550. The number of ether oxygens (including phenoxy) is 3. The van der Waals surface area contributed by atoms with Crippen LogP contribution in [-0.2, 0) is 16.1 Å². The van der Waals surface area contributed by atoms with E-state index in [1.807, 2.05) is 18.2 Å². The Morgan fingerprint density at radius 2 is 1.91 bits per heavy atom. The number of rotatable bonds is 5. The van der Waals surface area contributed by atoms with E-state index in [2.05, 4.69) is 10.6 Å². The summed E-state index contributed by atoms with van der Waals surface area (Å²) >= 11 is 0. The first kappa shape index (κ1) is 16.9. The van der Waals surface area contributed by atoms with Gasteiger partial charge in [-0.1, -0.05) is 6.07 Å². The highest BCUT2D eigenvalue weighted by Crippen LogP contribution is 2.32. The highest BCUT2D eigenvalue weighted by Gasteiger charge is 2.16. The Bertz CT molecular complexity index is 580. The van der Waals surface area contributed by atoms with Gasteiger partial charge in [-0.3, -0.25) is 4.79 Å². The van der Waals surface area contributed by atoms with Crippen molar-refractivity contribution in [2.45, 2.75) is 39.3 Å². The van der Waals surface area contributed by atoms with E-state index in [1.165, 1.54) is 0 Å². The van der Waals surface area contributed by atoms with E-state index >= 15 is 0 Å². The average molecular weight is 322 g/mol. The molecule has 23 heavy (non-hydrogen) atoms. The lowest BCUT2D eigenvalue weighted by Gasteiger charge is -2.19. The summed E-state index contributed by atoms with van der Waals surface area (Å²) < 4.78 is 15.6. The van der Waals surface area contributed by atoms with Crippen molar-refractivity contribution in [2.24, 2.45) is 0 Å². The predicted octanol–water partition coefficient (Wildman–Crippen LogP) is 1.95. The SMILES string of the molecule is CC(C)(C)OC(=O)NCCC(=O)NCc1ccc2c(c1)OCO2. The Hall–Kier alpha value is -2.44. The van der Waals surface area contributed by atoms with Crippen molar-refractivity contribution >= 4 is 12.0 Å². The van der Waals surface area contributed by atoms with Crippen LogP contribution in [0.3, 0.4) is 0 Å². The molecule has 0 aromatic heterocycles. The maximum Gasteiger partial charge on any atom is 0.407 e. The molecule has 0 saturated carbocycles. The Labute approximate surface area is 135 Å². The molecule has 7 heteroatoms. The van der Waals surface area contributed by atoms with Gasteiger partial charge in [-0.25, -0.2) is 4.79 Å². The van der Waals surface area contributed by atoms with Crippen LogP contribution in [0, 0.1) is 0 Å². The van der Waals surface area contributed by atoms with E-state index in [-0.39, 0.29) is 25.7 Å². The van der Waals surface area contributed by atoms with E-state index in [0.29, 0.717) is 18.0 Å². The third-order valence-corrected chi connectivity index (χ3v) is 2.95. The fourth-order valence-corrected chi connectivity index (χ4v) is 1.93. The lowest BCUT2D eigenvalue weighted by atomic mass is 10.2. The van der Waals surface area contributed by atoms with Crippen molar-refractivity contribution in [3.63, 3.8) is 0 Å². The van der Waals surface area contributed by atoms with Crippen molar-refractivity contribution in [1.82, 2.24) is 10.6 Å². The summed E-state index contributed by atoms with van der Waals surface area (Å²) in [6.45, 7) is 6.19. The number of carbonyl (C=O) groups excluding carboxylic acids is 2. The number of benzene rings is 1. The summed E-state index contributed by atoms with van der Waals surface area (Å²) in [6.07, 6.45) is -0.342. The summed E-state index contributed by atoms with van der Waals surface area (Å²) in [7, 11) is 0. The van der Waals surface area contributed by atoms with Crippen molar-refractivity contribution in [1.29, 1.82) is 0 Å². The van der Waals surface area contributed by atoms with Gasteiger partial charge >= 0.3 is 6.09 Å². The topological polar surface area (TPSA) is 85.9 Å². The van der Waals surface area contributed by atoms with E-state index < -0.39 is 11.7 Å². The molecule has 0 aliphatic carbocycles. The summed E-state index contributed by atoms with van der Waals surface area (Å²) in [4.78, 5) is 23.2. The minimum Gasteiger partial charge on any atom is -0.454 e. The molecule has 0 atom stereocenters. The number of alkyl carbamates (subject to hydrolysis) is 1. The molecule has 1 aromatic carbocycles. The standard InChI is InChI=1S/C16H22N2O5/c1-16(2,3)23-15(20)17-7-6-14(19)18-9-11-4-5-12-13(8-11)22-10-21-12/h4-5,8H,6-7,9-10H2,1-3H3,(H,17,20)(H,18,19). The molecule has 1 aliphatic heterocycles. The maximum absolute atomic E-state index is 11.8. The number of fused-ring (bicyclic) bond motifs is 1. The fraction of sp³-hybridized carbons (Fsp3) is 0.500. The maximum atomic E-state index is 11.8. The van der Waals surface area contributed by atoms with Gasteiger partial charge < -0.3 is 24.8 Å². The Morgan fingerprint density at radius 1 is 1.17 bits per heavy atom.